The fraction of sp³-hybridized carbons (Fsp3) is 0.440. The molecule has 1 aliphatic heterocycles. The second kappa shape index (κ2) is 10.7. The highest BCUT2D eigenvalue weighted by atomic mass is 35.5. The van der Waals surface area contributed by atoms with Gasteiger partial charge in [0.15, 0.2) is 20.4 Å². The fourth-order valence-corrected chi connectivity index (χ4v) is 6.89. The minimum Gasteiger partial charge on any atom is -0.322 e. The summed E-state index contributed by atoms with van der Waals surface area (Å²) in [5.74, 6) is -0.158. The number of ketones is 1. The van der Waals surface area contributed by atoms with Crippen LogP contribution in [0.5, 0.6) is 0 Å². The van der Waals surface area contributed by atoms with Gasteiger partial charge in [-0.25, -0.2) is 8.42 Å². The molecular formula is C25H30ClN3O3S2. The number of carbonyl (C=O) groups is 1. The molecular weight excluding hydrogens is 490 g/mol. The van der Waals surface area contributed by atoms with Crippen LogP contribution in [0.25, 0.3) is 10.8 Å². The third-order valence-corrected chi connectivity index (χ3v) is 9.37. The molecule has 0 bridgehead atoms. The highest BCUT2D eigenvalue weighted by Gasteiger charge is 2.29. The van der Waals surface area contributed by atoms with E-state index in [1.807, 2.05) is 12.1 Å². The minimum absolute atomic E-state index is 0.0164. The molecule has 0 aliphatic carbocycles. The van der Waals surface area contributed by atoms with E-state index in [2.05, 4.69) is 27.6 Å². The van der Waals surface area contributed by atoms with E-state index >= 15 is 0 Å². The number of benzene rings is 2. The average molecular weight is 520 g/mol. The number of rotatable bonds is 8. The summed E-state index contributed by atoms with van der Waals surface area (Å²) in [7, 11) is -1.77. The van der Waals surface area contributed by atoms with Crippen LogP contribution in [0.4, 0.5) is 0 Å². The second-order valence-corrected chi connectivity index (χ2v) is 12.5. The van der Waals surface area contributed by atoms with Crippen molar-refractivity contribution >= 4 is 49.3 Å². The Kier molecular flexibility index (Phi) is 7.92. The summed E-state index contributed by atoms with van der Waals surface area (Å²) in [6, 6.07) is 10.2. The van der Waals surface area contributed by atoms with Gasteiger partial charge in [-0.15, -0.1) is 11.3 Å². The largest absolute Gasteiger partial charge is 0.322 e. The number of sulfone groups is 1. The van der Waals surface area contributed by atoms with Gasteiger partial charge < -0.3 is 4.57 Å². The van der Waals surface area contributed by atoms with Crippen molar-refractivity contribution in [2.24, 2.45) is 4.99 Å². The first-order valence-electron chi connectivity index (χ1n) is 11.6. The number of fused-ring (bicyclic) bond motifs is 1. The van der Waals surface area contributed by atoms with E-state index in [1.54, 1.807) is 42.6 Å². The van der Waals surface area contributed by atoms with Crippen molar-refractivity contribution in [1.82, 2.24) is 9.47 Å². The number of aryl methyl sites for hydroxylation is 1. The molecule has 1 atom stereocenters. The number of Topliss-reactive ketones (excluding diaryl/α,β-unsaturated/α-hetero) is 1. The maximum absolute atomic E-state index is 13.1. The van der Waals surface area contributed by atoms with Crippen LogP contribution in [0.15, 0.2) is 52.5 Å². The Labute approximate surface area is 209 Å². The maximum Gasteiger partial charge on any atom is 0.184 e. The van der Waals surface area contributed by atoms with Gasteiger partial charge in [-0.1, -0.05) is 30.2 Å². The zero-order valence-electron chi connectivity index (χ0n) is 19.5. The van der Waals surface area contributed by atoms with Gasteiger partial charge in [0.1, 0.15) is 0 Å². The number of nitrogens with zero attached hydrogens (tertiary/aromatic N) is 3. The summed E-state index contributed by atoms with van der Waals surface area (Å²) >= 11 is 7.68. The predicted octanol–water partition coefficient (Wildman–Crippen LogP) is 4.48. The summed E-state index contributed by atoms with van der Waals surface area (Å²) < 4.78 is 28.1. The normalized spacial score (nSPS) is 18.0. The molecule has 4 rings (SSSR count). The highest BCUT2D eigenvalue weighted by molar-refractivity contribution is 7.91. The molecule has 182 valence electrons. The van der Waals surface area contributed by atoms with Crippen LogP contribution < -0.4 is 4.80 Å². The molecule has 1 fully saturated rings. The molecule has 1 saturated heterocycles. The summed E-state index contributed by atoms with van der Waals surface area (Å²) in [4.78, 5) is 22.1. The highest BCUT2D eigenvalue weighted by Crippen LogP contribution is 2.24. The van der Waals surface area contributed by atoms with Crippen LogP contribution in [0.1, 0.15) is 30.6 Å². The number of halogens is 1. The number of aromatic nitrogens is 1. The quantitative estimate of drug-likeness (QED) is 0.440. The first kappa shape index (κ1) is 25.1. The third kappa shape index (κ3) is 5.79. The Hall–Kier alpha value is -2.00. The van der Waals surface area contributed by atoms with Gasteiger partial charge in [-0.05, 0) is 61.3 Å². The SMILES string of the molecule is CN=c1sc(C)cn1CCN1CCCCC1C(=O)CCS(=O)(=O)c1ccc2cc(Cl)ccc2c1. The Balaban J connectivity index is 1.41. The van der Waals surface area contributed by atoms with Gasteiger partial charge in [0.25, 0.3) is 0 Å². The minimum atomic E-state index is -3.56. The molecule has 0 spiro atoms. The van der Waals surface area contributed by atoms with Crippen molar-refractivity contribution in [3.63, 3.8) is 0 Å². The lowest BCUT2D eigenvalue weighted by molar-refractivity contribution is -0.125. The lowest BCUT2D eigenvalue weighted by atomic mass is 9.97. The van der Waals surface area contributed by atoms with E-state index in [9.17, 15) is 13.2 Å². The summed E-state index contributed by atoms with van der Waals surface area (Å²) in [5, 5.41) is 2.31. The van der Waals surface area contributed by atoms with Gasteiger partial charge in [0, 0.05) is 42.7 Å². The summed E-state index contributed by atoms with van der Waals surface area (Å²) in [5.41, 5.74) is 0. The smallest absolute Gasteiger partial charge is 0.184 e. The fourth-order valence-electron chi connectivity index (χ4n) is 4.60. The molecule has 1 aliphatic rings. The molecule has 3 aromatic rings. The van der Waals surface area contributed by atoms with E-state index in [1.165, 1.54) is 4.88 Å². The molecule has 6 nitrogen and oxygen atoms in total. The molecule has 1 unspecified atom stereocenters. The first-order valence-corrected chi connectivity index (χ1v) is 14.4. The molecule has 2 heterocycles. The molecule has 34 heavy (non-hydrogen) atoms. The first-order chi connectivity index (χ1) is 16.3. The van der Waals surface area contributed by atoms with Gasteiger partial charge in [0.2, 0.25) is 0 Å². The summed E-state index contributed by atoms with van der Waals surface area (Å²) in [6.07, 6.45) is 4.96. The lowest BCUT2D eigenvalue weighted by Crippen LogP contribution is -2.46. The molecule has 0 radical (unpaired) electrons. The molecule has 0 amide bonds. The number of piperidine rings is 1. The number of carbonyl (C=O) groups excluding carboxylic acids is 1. The van der Waals surface area contributed by atoms with Gasteiger partial charge in [-0.3, -0.25) is 14.7 Å². The number of hydrogen-bond donors (Lipinski definition) is 0. The Morgan fingerprint density at radius 1 is 1.15 bits per heavy atom. The van der Waals surface area contributed by atoms with E-state index in [4.69, 9.17) is 11.6 Å². The predicted molar refractivity (Wildman–Crippen MR) is 138 cm³/mol. The van der Waals surface area contributed by atoms with Crippen molar-refractivity contribution in [2.75, 3.05) is 25.9 Å². The van der Waals surface area contributed by atoms with Crippen LogP contribution >= 0.6 is 22.9 Å². The van der Waals surface area contributed by atoms with Crippen molar-refractivity contribution in [3.8, 4) is 0 Å². The third-order valence-electron chi connectivity index (χ3n) is 6.39. The Morgan fingerprint density at radius 3 is 2.71 bits per heavy atom. The van der Waals surface area contributed by atoms with E-state index in [0.717, 1.165) is 54.5 Å². The maximum atomic E-state index is 13.1. The molecule has 0 saturated carbocycles. The summed E-state index contributed by atoms with van der Waals surface area (Å²) in [6.45, 7) is 4.44. The Bertz CT molecular complexity index is 1360. The van der Waals surface area contributed by atoms with Gasteiger partial charge in [-0.2, -0.15) is 0 Å². The monoisotopic (exact) mass is 519 g/mol. The topological polar surface area (TPSA) is 71.7 Å². The number of thiazole rings is 1. The van der Waals surface area contributed by atoms with Crippen LogP contribution in [0.3, 0.4) is 0 Å². The van der Waals surface area contributed by atoms with Gasteiger partial charge >= 0.3 is 0 Å². The van der Waals surface area contributed by atoms with Crippen molar-refractivity contribution in [3.05, 3.63) is 57.3 Å². The number of hydrogen-bond acceptors (Lipinski definition) is 6. The standard InChI is InChI=1S/C25H30ClN3O3S2/c1-18-17-29(25(27-2)33-18)13-12-28-11-4-3-5-23(28)24(30)10-14-34(31,32)22-9-7-19-15-21(26)8-6-20(19)16-22/h6-9,15-17,23H,3-5,10-14H2,1-2H3. The van der Waals surface area contributed by atoms with Crippen LogP contribution in [-0.4, -0.2) is 55.6 Å². The molecule has 1 aromatic heterocycles. The van der Waals surface area contributed by atoms with Crippen LogP contribution in [0, 0.1) is 6.92 Å². The van der Waals surface area contributed by atoms with Crippen molar-refractivity contribution in [1.29, 1.82) is 0 Å². The van der Waals surface area contributed by atoms with Gasteiger partial charge in [0.05, 0.1) is 16.7 Å². The van der Waals surface area contributed by atoms with Crippen LogP contribution in [-0.2, 0) is 21.2 Å². The Morgan fingerprint density at radius 2 is 1.91 bits per heavy atom. The molecule has 0 N–H and O–H groups in total. The zero-order valence-corrected chi connectivity index (χ0v) is 21.9. The zero-order chi connectivity index (χ0) is 24.3. The van der Waals surface area contributed by atoms with Crippen molar-refractivity contribution < 1.29 is 13.2 Å². The van der Waals surface area contributed by atoms with Crippen LogP contribution in [0.2, 0.25) is 5.02 Å². The van der Waals surface area contributed by atoms with Crippen molar-refractivity contribution in [2.45, 2.75) is 50.1 Å². The lowest BCUT2D eigenvalue weighted by Gasteiger charge is -2.34. The molecule has 9 heteroatoms. The average Bonchev–Trinajstić information content (AvgIpc) is 3.20. The second-order valence-electron chi connectivity index (χ2n) is 8.78. The molecule has 2 aromatic carbocycles. The number of likely N-dealkylation sites (tertiary alicyclic amines) is 1. The van der Waals surface area contributed by atoms with E-state index in [0.29, 0.717) is 5.02 Å². The van der Waals surface area contributed by atoms with E-state index in [-0.39, 0.29) is 28.9 Å². The van der Waals surface area contributed by atoms with E-state index < -0.39 is 9.84 Å².